The zero-order valence-electron chi connectivity index (χ0n) is 13.8. The Morgan fingerprint density at radius 3 is 2.43 bits per heavy atom. The highest BCUT2D eigenvalue weighted by atomic mass is 16.5. The minimum Gasteiger partial charge on any atom is -0.493 e. The quantitative estimate of drug-likeness (QED) is 0.812. The molecule has 4 nitrogen and oxygen atoms in total. The summed E-state index contributed by atoms with van der Waals surface area (Å²) in [5, 5.41) is 3.16. The summed E-state index contributed by atoms with van der Waals surface area (Å²) in [5.41, 5.74) is 6.59. The van der Waals surface area contributed by atoms with Crippen molar-refractivity contribution in [1.29, 1.82) is 0 Å². The first-order valence-corrected chi connectivity index (χ1v) is 7.49. The molecule has 0 aromatic heterocycles. The maximum Gasteiger partial charge on any atom is 0.234 e. The average Bonchev–Trinajstić information content (AvgIpc) is 2.36. The van der Waals surface area contributed by atoms with Crippen molar-refractivity contribution in [3.8, 4) is 5.75 Å². The molecule has 0 heterocycles. The monoisotopic (exact) mass is 292 g/mol. The van der Waals surface area contributed by atoms with Crippen LogP contribution >= 0.6 is 0 Å². The Morgan fingerprint density at radius 1 is 1.29 bits per heavy atom. The fourth-order valence-electron chi connectivity index (χ4n) is 2.21. The molecule has 4 heteroatoms. The Morgan fingerprint density at radius 2 is 1.90 bits per heavy atom. The standard InChI is InChI=1S/C17H28N2O2/c1-12(2)19-14(16(18)20)10-11-21-15-9-7-6-8-13(15)17(3,4)5/h6-9,12,14,19H,10-11H2,1-5H3,(H2,18,20). The molecule has 1 rings (SSSR count). The van der Waals surface area contributed by atoms with Gasteiger partial charge in [-0.15, -0.1) is 0 Å². The fourth-order valence-corrected chi connectivity index (χ4v) is 2.21. The number of para-hydroxylation sites is 1. The summed E-state index contributed by atoms with van der Waals surface area (Å²) in [6, 6.07) is 7.88. The molecule has 1 amide bonds. The number of nitrogens with two attached hydrogens (primary N) is 1. The smallest absolute Gasteiger partial charge is 0.234 e. The zero-order valence-corrected chi connectivity index (χ0v) is 13.8. The summed E-state index contributed by atoms with van der Waals surface area (Å²) in [6.45, 7) is 10.9. The number of primary amides is 1. The molecule has 0 fully saturated rings. The maximum atomic E-state index is 11.4. The van der Waals surface area contributed by atoms with Crippen molar-refractivity contribution in [2.45, 2.75) is 58.5 Å². The Bertz CT molecular complexity index is 464. The molecular formula is C17H28N2O2. The highest BCUT2D eigenvalue weighted by molar-refractivity contribution is 5.79. The van der Waals surface area contributed by atoms with Crippen molar-refractivity contribution in [1.82, 2.24) is 5.32 Å². The first-order valence-electron chi connectivity index (χ1n) is 7.49. The Kier molecular flexibility index (Phi) is 6.21. The van der Waals surface area contributed by atoms with E-state index in [2.05, 4.69) is 32.2 Å². The summed E-state index contributed by atoms with van der Waals surface area (Å²) in [6.07, 6.45) is 0.561. The molecule has 21 heavy (non-hydrogen) atoms. The number of ether oxygens (including phenoxy) is 1. The zero-order chi connectivity index (χ0) is 16.0. The van der Waals surface area contributed by atoms with Crippen LogP contribution in [0.5, 0.6) is 5.75 Å². The lowest BCUT2D eigenvalue weighted by Crippen LogP contribution is -2.45. The minimum atomic E-state index is -0.355. The molecule has 0 saturated carbocycles. The number of carbonyl (C=O) groups is 1. The lowest BCUT2D eigenvalue weighted by Gasteiger charge is -2.23. The van der Waals surface area contributed by atoms with Crippen LogP contribution in [0.2, 0.25) is 0 Å². The largest absolute Gasteiger partial charge is 0.493 e. The van der Waals surface area contributed by atoms with Crippen LogP contribution in [0.25, 0.3) is 0 Å². The van der Waals surface area contributed by atoms with Crippen molar-refractivity contribution in [3.05, 3.63) is 29.8 Å². The molecule has 0 radical (unpaired) electrons. The molecule has 1 atom stereocenters. The highest BCUT2D eigenvalue weighted by Gasteiger charge is 2.19. The topological polar surface area (TPSA) is 64.3 Å². The van der Waals surface area contributed by atoms with Crippen LogP contribution in [0.15, 0.2) is 24.3 Å². The van der Waals surface area contributed by atoms with Gasteiger partial charge in [-0.25, -0.2) is 0 Å². The van der Waals surface area contributed by atoms with Gasteiger partial charge < -0.3 is 15.8 Å². The van der Waals surface area contributed by atoms with Gasteiger partial charge in [-0.2, -0.15) is 0 Å². The van der Waals surface area contributed by atoms with E-state index in [0.29, 0.717) is 13.0 Å². The molecule has 1 unspecified atom stereocenters. The highest BCUT2D eigenvalue weighted by Crippen LogP contribution is 2.30. The molecule has 0 bridgehead atoms. The molecule has 3 N–H and O–H groups in total. The normalized spacial score (nSPS) is 13.2. The Hall–Kier alpha value is -1.55. The summed E-state index contributed by atoms with van der Waals surface area (Å²) < 4.78 is 5.88. The van der Waals surface area contributed by atoms with Crippen LogP contribution in [0.3, 0.4) is 0 Å². The number of hydrogen-bond donors (Lipinski definition) is 2. The van der Waals surface area contributed by atoms with E-state index in [1.54, 1.807) is 0 Å². The lowest BCUT2D eigenvalue weighted by molar-refractivity contribution is -0.120. The first-order chi connectivity index (χ1) is 9.71. The van der Waals surface area contributed by atoms with Crippen molar-refractivity contribution >= 4 is 5.91 Å². The van der Waals surface area contributed by atoms with E-state index in [9.17, 15) is 4.79 Å². The van der Waals surface area contributed by atoms with Crippen LogP contribution < -0.4 is 15.8 Å². The first kappa shape index (κ1) is 17.5. The molecular weight excluding hydrogens is 264 g/mol. The molecule has 0 aliphatic rings. The van der Waals surface area contributed by atoms with Crippen molar-refractivity contribution < 1.29 is 9.53 Å². The molecule has 0 aliphatic carbocycles. The van der Waals surface area contributed by atoms with Gasteiger partial charge in [0.05, 0.1) is 12.6 Å². The lowest BCUT2D eigenvalue weighted by atomic mass is 9.86. The number of hydrogen-bond acceptors (Lipinski definition) is 3. The van der Waals surface area contributed by atoms with Crippen LogP contribution in [-0.2, 0) is 10.2 Å². The maximum absolute atomic E-state index is 11.4. The predicted octanol–water partition coefficient (Wildman–Crippen LogP) is 2.60. The summed E-state index contributed by atoms with van der Waals surface area (Å²) in [7, 11) is 0. The SMILES string of the molecule is CC(C)NC(CCOc1ccccc1C(C)(C)C)C(N)=O. The summed E-state index contributed by atoms with van der Waals surface area (Å²) in [5.74, 6) is 0.536. The van der Waals surface area contributed by atoms with Crippen molar-refractivity contribution in [2.75, 3.05) is 6.61 Å². The third kappa shape index (κ3) is 5.76. The molecule has 1 aromatic carbocycles. The van der Waals surface area contributed by atoms with Gasteiger partial charge in [-0.1, -0.05) is 52.8 Å². The van der Waals surface area contributed by atoms with E-state index < -0.39 is 0 Å². The van der Waals surface area contributed by atoms with Gasteiger partial charge in [0.1, 0.15) is 5.75 Å². The number of amides is 1. The van der Waals surface area contributed by atoms with E-state index in [1.165, 1.54) is 0 Å². The van der Waals surface area contributed by atoms with Crippen LogP contribution in [-0.4, -0.2) is 24.6 Å². The number of rotatable bonds is 7. The van der Waals surface area contributed by atoms with E-state index in [-0.39, 0.29) is 23.4 Å². The molecule has 1 aromatic rings. The third-order valence-corrected chi connectivity index (χ3v) is 3.24. The van der Waals surface area contributed by atoms with E-state index in [1.807, 2.05) is 32.0 Å². The molecule has 118 valence electrons. The van der Waals surface area contributed by atoms with Gasteiger partial charge in [0.2, 0.25) is 5.91 Å². The molecule has 0 saturated heterocycles. The number of benzene rings is 1. The molecule has 0 spiro atoms. The van der Waals surface area contributed by atoms with E-state index >= 15 is 0 Å². The number of nitrogens with one attached hydrogen (secondary N) is 1. The van der Waals surface area contributed by atoms with Gasteiger partial charge in [0, 0.05) is 12.5 Å². The summed E-state index contributed by atoms with van der Waals surface area (Å²) >= 11 is 0. The van der Waals surface area contributed by atoms with Gasteiger partial charge in [-0.05, 0) is 17.0 Å². The van der Waals surface area contributed by atoms with Crippen molar-refractivity contribution in [2.24, 2.45) is 5.73 Å². The second-order valence-corrected chi connectivity index (χ2v) is 6.66. The minimum absolute atomic E-state index is 0.0237. The van der Waals surface area contributed by atoms with Crippen LogP contribution in [0.1, 0.15) is 46.6 Å². The Balaban J connectivity index is 2.65. The van der Waals surface area contributed by atoms with Gasteiger partial charge >= 0.3 is 0 Å². The average molecular weight is 292 g/mol. The van der Waals surface area contributed by atoms with Gasteiger partial charge in [0.25, 0.3) is 0 Å². The third-order valence-electron chi connectivity index (χ3n) is 3.24. The Labute approximate surface area is 128 Å². The fraction of sp³-hybridized carbons (Fsp3) is 0.588. The predicted molar refractivity (Wildman–Crippen MR) is 86.5 cm³/mol. The second kappa shape index (κ2) is 7.46. The second-order valence-electron chi connectivity index (χ2n) is 6.66. The van der Waals surface area contributed by atoms with Crippen LogP contribution in [0.4, 0.5) is 0 Å². The molecule has 0 aliphatic heterocycles. The summed E-state index contributed by atoms with van der Waals surface area (Å²) in [4.78, 5) is 11.4. The van der Waals surface area contributed by atoms with E-state index in [4.69, 9.17) is 10.5 Å². The van der Waals surface area contributed by atoms with Crippen molar-refractivity contribution in [3.63, 3.8) is 0 Å². The van der Waals surface area contributed by atoms with Gasteiger partial charge in [0.15, 0.2) is 0 Å². The van der Waals surface area contributed by atoms with E-state index in [0.717, 1.165) is 11.3 Å². The van der Waals surface area contributed by atoms with Gasteiger partial charge in [-0.3, -0.25) is 4.79 Å². The van der Waals surface area contributed by atoms with Crippen LogP contribution in [0, 0.1) is 0 Å². The number of carbonyl (C=O) groups excluding carboxylic acids is 1.